The number of methoxy groups -OCH3 is 1. The van der Waals surface area contributed by atoms with Gasteiger partial charge in [-0.05, 0) is 17.5 Å². The first kappa shape index (κ1) is 14.7. The molecule has 1 saturated carbocycles. The van der Waals surface area contributed by atoms with Crippen molar-refractivity contribution in [2.24, 2.45) is 17.3 Å². The Kier molecular flexibility index (Phi) is 3.65. The van der Waals surface area contributed by atoms with Crippen molar-refractivity contribution in [3.8, 4) is 5.75 Å². The van der Waals surface area contributed by atoms with Crippen molar-refractivity contribution in [2.45, 2.75) is 13.8 Å². The molecule has 0 bridgehead atoms. The average molecular weight is 298 g/mol. The molecular formula is C14H16ClNO4. The van der Waals surface area contributed by atoms with Crippen LogP contribution < -0.4 is 10.1 Å². The number of hydrogen-bond donors (Lipinski definition) is 2. The molecule has 0 heterocycles. The molecule has 6 heteroatoms. The van der Waals surface area contributed by atoms with E-state index in [1.807, 2.05) is 0 Å². The van der Waals surface area contributed by atoms with E-state index in [1.54, 1.807) is 32.0 Å². The van der Waals surface area contributed by atoms with E-state index in [0.717, 1.165) is 0 Å². The highest BCUT2D eigenvalue weighted by molar-refractivity contribution is 6.32. The van der Waals surface area contributed by atoms with E-state index in [1.165, 1.54) is 7.11 Å². The smallest absolute Gasteiger partial charge is 0.307 e. The van der Waals surface area contributed by atoms with Crippen molar-refractivity contribution in [1.82, 2.24) is 0 Å². The van der Waals surface area contributed by atoms with Gasteiger partial charge in [-0.2, -0.15) is 0 Å². The first-order valence-electron chi connectivity index (χ1n) is 6.16. The van der Waals surface area contributed by atoms with E-state index in [4.69, 9.17) is 21.4 Å². The molecule has 108 valence electrons. The number of carboxylic acid groups (broad SMARTS) is 1. The van der Waals surface area contributed by atoms with Crippen molar-refractivity contribution in [3.05, 3.63) is 23.2 Å². The number of carboxylic acids is 1. The molecule has 2 unspecified atom stereocenters. The van der Waals surface area contributed by atoms with Crippen LogP contribution in [0.15, 0.2) is 18.2 Å². The number of ether oxygens (including phenoxy) is 1. The fourth-order valence-electron chi connectivity index (χ4n) is 2.55. The van der Waals surface area contributed by atoms with Crippen molar-refractivity contribution < 1.29 is 19.4 Å². The first-order chi connectivity index (χ1) is 9.28. The Morgan fingerprint density at radius 1 is 1.35 bits per heavy atom. The van der Waals surface area contributed by atoms with Gasteiger partial charge in [-0.25, -0.2) is 0 Å². The van der Waals surface area contributed by atoms with Gasteiger partial charge in [0.25, 0.3) is 0 Å². The normalized spacial score (nSPS) is 23.0. The molecule has 2 rings (SSSR count). The number of amides is 1. The van der Waals surface area contributed by atoms with Gasteiger partial charge in [0.05, 0.1) is 24.0 Å². The van der Waals surface area contributed by atoms with E-state index < -0.39 is 23.2 Å². The summed E-state index contributed by atoms with van der Waals surface area (Å²) >= 11 is 5.90. The van der Waals surface area contributed by atoms with Crippen molar-refractivity contribution in [1.29, 1.82) is 0 Å². The van der Waals surface area contributed by atoms with E-state index in [9.17, 15) is 9.59 Å². The minimum absolute atomic E-state index is 0.299. The summed E-state index contributed by atoms with van der Waals surface area (Å²) in [5, 5.41) is 12.2. The van der Waals surface area contributed by atoms with Crippen molar-refractivity contribution in [2.75, 3.05) is 12.4 Å². The Bertz CT molecular complexity index is 570. The lowest BCUT2D eigenvalue weighted by Gasteiger charge is -2.09. The third-order valence-corrected chi connectivity index (χ3v) is 4.11. The van der Waals surface area contributed by atoms with Gasteiger partial charge in [-0.15, -0.1) is 0 Å². The van der Waals surface area contributed by atoms with Crippen LogP contribution in [-0.2, 0) is 9.59 Å². The monoisotopic (exact) mass is 297 g/mol. The summed E-state index contributed by atoms with van der Waals surface area (Å²) < 4.78 is 5.07. The quantitative estimate of drug-likeness (QED) is 0.896. The number of rotatable bonds is 4. The Morgan fingerprint density at radius 3 is 2.50 bits per heavy atom. The van der Waals surface area contributed by atoms with Crippen LogP contribution in [0.25, 0.3) is 0 Å². The fraction of sp³-hybridized carbons (Fsp3) is 0.429. The number of anilines is 1. The van der Waals surface area contributed by atoms with Gasteiger partial charge in [-0.1, -0.05) is 25.4 Å². The molecule has 0 aromatic heterocycles. The molecular weight excluding hydrogens is 282 g/mol. The van der Waals surface area contributed by atoms with Crippen LogP contribution >= 0.6 is 11.6 Å². The number of nitrogens with one attached hydrogen (secondary N) is 1. The molecule has 2 atom stereocenters. The van der Waals surface area contributed by atoms with Gasteiger partial charge < -0.3 is 15.2 Å². The molecule has 1 amide bonds. The minimum Gasteiger partial charge on any atom is -0.495 e. The molecule has 0 aliphatic heterocycles. The summed E-state index contributed by atoms with van der Waals surface area (Å²) in [4.78, 5) is 23.2. The summed E-state index contributed by atoms with van der Waals surface area (Å²) in [7, 11) is 1.48. The second kappa shape index (κ2) is 4.98. The SMILES string of the molecule is COc1cc(NC(=O)C2C(C(=O)O)C2(C)C)ccc1Cl. The van der Waals surface area contributed by atoms with Gasteiger partial charge in [-0.3, -0.25) is 9.59 Å². The van der Waals surface area contributed by atoms with Crippen molar-refractivity contribution >= 4 is 29.2 Å². The third-order valence-electron chi connectivity index (χ3n) is 3.79. The Hall–Kier alpha value is -1.75. The Balaban J connectivity index is 2.12. The predicted molar refractivity (Wildman–Crippen MR) is 75.0 cm³/mol. The number of aliphatic carboxylic acids is 1. The maximum atomic E-state index is 12.1. The van der Waals surface area contributed by atoms with E-state index >= 15 is 0 Å². The zero-order valence-corrected chi connectivity index (χ0v) is 12.2. The van der Waals surface area contributed by atoms with Crippen LogP contribution in [0, 0.1) is 17.3 Å². The standard InChI is InChI=1S/C14H16ClNO4/c1-14(2)10(11(14)13(18)19)12(17)16-7-4-5-8(15)9(6-7)20-3/h4-6,10-11H,1-3H3,(H,16,17)(H,18,19). The van der Waals surface area contributed by atoms with Crippen LogP contribution in [0.5, 0.6) is 5.75 Å². The minimum atomic E-state index is -0.941. The highest BCUT2D eigenvalue weighted by Gasteiger charge is 2.65. The zero-order chi connectivity index (χ0) is 15.1. The number of carbonyl (C=O) groups is 2. The summed E-state index contributed by atoms with van der Waals surface area (Å²) in [6, 6.07) is 4.86. The fourth-order valence-corrected chi connectivity index (χ4v) is 2.74. The van der Waals surface area contributed by atoms with Crippen molar-refractivity contribution in [3.63, 3.8) is 0 Å². The van der Waals surface area contributed by atoms with Crippen LogP contribution in [-0.4, -0.2) is 24.1 Å². The first-order valence-corrected chi connectivity index (χ1v) is 6.54. The Labute approximate surface area is 121 Å². The average Bonchev–Trinajstić information content (AvgIpc) is 2.95. The lowest BCUT2D eigenvalue weighted by atomic mass is 10.1. The maximum absolute atomic E-state index is 12.1. The molecule has 1 aliphatic carbocycles. The number of benzene rings is 1. The van der Waals surface area contributed by atoms with Gasteiger partial charge in [0, 0.05) is 11.8 Å². The van der Waals surface area contributed by atoms with Gasteiger partial charge in [0.1, 0.15) is 5.75 Å². The summed E-state index contributed by atoms with van der Waals surface area (Å²) in [5.74, 6) is -1.96. The number of halogens is 1. The lowest BCUT2D eigenvalue weighted by Crippen LogP contribution is -2.17. The molecule has 1 aromatic carbocycles. The highest BCUT2D eigenvalue weighted by Crippen LogP contribution is 2.58. The van der Waals surface area contributed by atoms with Gasteiger partial charge >= 0.3 is 5.97 Å². The molecule has 1 aromatic rings. The van der Waals surface area contributed by atoms with Crippen LogP contribution in [0.4, 0.5) is 5.69 Å². The number of carbonyl (C=O) groups excluding carboxylic acids is 1. The Morgan fingerprint density at radius 2 is 2.00 bits per heavy atom. The third kappa shape index (κ3) is 2.45. The predicted octanol–water partition coefficient (Wildman–Crippen LogP) is 2.64. The second-order valence-electron chi connectivity index (χ2n) is 5.45. The second-order valence-corrected chi connectivity index (χ2v) is 5.86. The van der Waals surface area contributed by atoms with E-state index in [0.29, 0.717) is 16.5 Å². The summed E-state index contributed by atoms with van der Waals surface area (Å²) in [5.41, 5.74) is 0.00924. The highest BCUT2D eigenvalue weighted by atomic mass is 35.5. The van der Waals surface area contributed by atoms with Crippen LogP contribution in [0.2, 0.25) is 5.02 Å². The zero-order valence-electron chi connectivity index (χ0n) is 11.4. The molecule has 20 heavy (non-hydrogen) atoms. The molecule has 5 nitrogen and oxygen atoms in total. The molecule has 0 radical (unpaired) electrons. The van der Waals surface area contributed by atoms with Crippen LogP contribution in [0.3, 0.4) is 0 Å². The van der Waals surface area contributed by atoms with Gasteiger partial charge in [0.2, 0.25) is 5.91 Å². The largest absolute Gasteiger partial charge is 0.495 e. The number of hydrogen-bond acceptors (Lipinski definition) is 3. The lowest BCUT2D eigenvalue weighted by molar-refractivity contribution is -0.140. The molecule has 1 aliphatic rings. The molecule has 0 saturated heterocycles. The summed E-state index contributed by atoms with van der Waals surface area (Å²) in [6.45, 7) is 3.55. The maximum Gasteiger partial charge on any atom is 0.307 e. The summed E-state index contributed by atoms with van der Waals surface area (Å²) in [6.07, 6.45) is 0. The van der Waals surface area contributed by atoms with E-state index in [2.05, 4.69) is 5.32 Å². The van der Waals surface area contributed by atoms with Gasteiger partial charge in [0.15, 0.2) is 0 Å². The van der Waals surface area contributed by atoms with Crippen LogP contribution in [0.1, 0.15) is 13.8 Å². The molecule has 1 fully saturated rings. The molecule has 2 N–H and O–H groups in total. The topological polar surface area (TPSA) is 75.6 Å². The molecule has 0 spiro atoms. The van der Waals surface area contributed by atoms with E-state index in [-0.39, 0.29) is 5.91 Å².